The van der Waals surface area contributed by atoms with E-state index in [4.69, 9.17) is 40.2 Å². The van der Waals surface area contributed by atoms with Crippen molar-refractivity contribution >= 4 is 29.3 Å². The van der Waals surface area contributed by atoms with Gasteiger partial charge in [-0.05, 0) is 25.7 Å². The van der Waals surface area contributed by atoms with Gasteiger partial charge in [0, 0.05) is 26.4 Å². The van der Waals surface area contributed by atoms with Crippen LogP contribution < -0.4 is 0 Å². The molecule has 16 heteroatoms. The molecule has 0 fully saturated rings. The summed E-state index contributed by atoms with van der Waals surface area (Å²) in [7, 11) is -6.38. The molecule has 0 radical (unpaired) electrons. The van der Waals surface area contributed by atoms with E-state index >= 15 is 0 Å². The maximum Gasteiger partial charge on any atom is 0.633 e. The van der Waals surface area contributed by atoms with Gasteiger partial charge in [0.25, 0.3) is 0 Å². The molecule has 0 atom stereocenters. The summed E-state index contributed by atoms with van der Waals surface area (Å²) in [6, 6.07) is 0. The van der Waals surface area contributed by atoms with Gasteiger partial charge in [-0.2, -0.15) is 0 Å². The molecule has 0 heterocycles. The van der Waals surface area contributed by atoms with Crippen LogP contribution >= 0.6 is 0 Å². The molecule has 0 amide bonds. The van der Waals surface area contributed by atoms with Gasteiger partial charge in [0.15, 0.2) is 0 Å². The van der Waals surface area contributed by atoms with E-state index in [9.17, 15) is 0 Å². The standard InChI is InChI=1S/4C4H11BO3/c4*1-2-3-4-8-5(6)7/h4*6-7H,2-4H2,1H3. The Morgan fingerprint density at radius 3 is 0.625 bits per heavy atom. The maximum atomic E-state index is 8.11. The Kier molecular flexibility index (Phi) is 43.1. The molecule has 0 saturated carbocycles. The fraction of sp³-hybridized carbons (Fsp3) is 1.00. The minimum atomic E-state index is -1.60. The van der Waals surface area contributed by atoms with Crippen LogP contribution in [0.5, 0.6) is 0 Å². The molecule has 0 aromatic rings. The molecule has 0 saturated heterocycles. The second-order valence-electron chi connectivity index (χ2n) is 6.20. The largest absolute Gasteiger partial charge is 0.633 e. The smallest absolute Gasteiger partial charge is 0.402 e. The van der Waals surface area contributed by atoms with Gasteiger partial charge in [-0.15, -0.1) is 0 Å². The van der Waals surface area contributed by atoms with Crippen molar-refractivity contribution < 1.29 is 58.8 Å². The van der Waals surface area contributed by atoms with Crippen LogP contribution in [0.2, 0.25) is 0 Å². The summed E-state index contributed by atoms with van der Waals surface area (Å²) in [5, 5.41) is 64.9. The second-order valence-corrected chi connectivity index (χ2v) is 6.20. The summed E-state index contributed by atoms with van der Waals surface area (Å²) in [6.45, 7) is 9.73. The van der Waals surface area contributed by atoms with E-state index in [0.717, 1.165) is 51.4 Å². The zero-order valence-corrected chi connectivity index (χ0v) is 20.0. The Hall–Kier alpha value is -0.220. The van der Waals surface area contributed by atoms with E-state index in [0.29, 0.717) is 26.4 Å². The van der Waals surface area contributed by atoms with Gasteiger partial charge in [-0.1, -0.05) is 53.4 Å². The minimum absolute atomic E-state index is 0.425. The predicted octanol–water partition coefficient (Wildman–Crippen LogP) is -0.910. The zero-order chi connectivity index (χ0) is 25.6. The van der Waals surface area contributed by atoms with Crippen molar-refractivity contribution in [1.29, 1.82) is 0 Å². The normalized spacial score (nSPS) is 9.38. The molecule has 0 aliphatic carbocycles. The lowest BCUT2D eigenvalue weighted by Crippen LogP contribution is -2.17. The van der Waals surface area contributed by atoms with Crippen LogP contribution in [-0.2, 0) is 18.6 Å². The Labute approximate surface area is 194 Å². The maximum absolute atomic E-state index is 8.11. The molecular weight excluding hydrogens is 427 g/mol. The van der Waals surface area contributed by atoms with Crippen LogP contribution in [0, 0.1) is 0 Å². The lowest BCUT2D eigenvalue weighted by atomic mass is 10.2. The first kappa shape index (κ1) is 39.0. The average Bonchev–Trinajstić information content (AvgIpc) is 2.69. The highest BCUT2D eigenvalue weighted by atomic mass is 16.6. The van der Waals surface area contributed by atoms with E-state index in [1.54, 1.807) is 0 Å². The molecule has 0 unspecified atom stereocenters. The quantitative estimate of drug-likeness (QED) is 0.102. The van der Waals surface area contributed by atoms with Gasteiger partial charge < -0.3 is 58.8 Å². The molecule has 192 valence electrons. The molecule has 0 bridgehead atoms. The molecule has 0 aromatic heterocycles. The first-order valence-corrected chi connectivity index (χ1v) is 11.0. The van der Waals surface area contributed by atoms with Crippen LogP contribution in [0.4, 0.5) is 0 Å². The number of unbranched alkanes of at least 4 members (excludes halogenated alkanes) is 4. The number of hydrogen-bond donors (Lipinski definition) is 8. The lowest BCUT2D eigenvalue weighted by Gasteiger charge is -1.97. The Morgan fingerprint density at radius 1 is 0.375 bits per heavy atom. The van der Waals surface area contributed by atoms with Gasteiger partial charge in [0.2, 0.25) is 0 Å². The molecule has 0 aromatic carbocycles. The second kappa shape index (κ2) is 35.4. The van der Waals surface area contributed by atoms with Gasteiger partial charge >= 0.3 is 29.3 Å². The van der Waals surface area contributed by atoms with Crippen molar-refractivity contribution in [2.45, 2.75) is 79.1 Å². The molecular formula is C16H44B4O12. The molecule has 8 N–H and O–H groups in total. The minimum Gasteiger partial charge on any atom is -0.402 e. The van der Waals surface area contributed by atoms with E-state index in [-0.39, 0.29) is 0 Å². The van der Waals surface area contributed by atoms with Crippen molar-refractivity contribution in [2.24, 2.45) is 0 Å². The van der Waals surface area contributed by atoms with Gasteiger partial charge in [-0.3, -0.25) is 0 Å². The van der Waals surface area contributed by atoms with E-state index in [2.05, 4.69) is 18.6 Å². The first-order chi connectivity index (χ1) is 15.1. The fourth-order valence-corrected chi connectivity index (χ4v) is 1.33. The molecule has 0 aliphatic rings. The molecule has 0 spiro atoms. The average molecular weight is 472 g/mol. The Bertz CT molecular complexity index is 250. The number of rotatable bonds is 16. The van der Waals surface area contributed by atoms with Crippen molar-refractivity contribution in [3.8, 4) is 0 Å². The Balaban J connectivity index is -0.000000163. The SMILES string of the molecule is CCCCOB(O)O.CCCCOB(O)O.CCCCOB(O)O.CCCCOB(O)O. The third-order valence-corrected chi connectivity index (χ3v) is 3.06. The molecule has 0 rings (SSSR count). The highest BCUT2D eigenvalue weighted by molar-refractivity contribution is 6.33. The van der Waals surface area contributed by atoms with Crippen LogP contribution in [-0.4, -0.2) is 95.9 Å². The number of hydrogen-bond acceptors (Lipinski definition) is 12. The molecule has 0 aliphatic heterocycles. The lowest BCUT2D eigenvalue weighted by molar-refractivity contribution is 0.182. The van der Waals surface area contributed by atoms with Gasteiger partial charge in [0.1, 0.15) is 0 Å². The summed E-state index contributed by atoms with van der Waals surface area (Å²) >= 11 is 0. The van der Waals surface area contributed by atoms with Crippen molar-refractivity contribution in [2.75, 3.05) is 26.4 Å². The summed E-state index contributed by atoms with van der Waals surface area (Å²) < 4.78 is 17.6. The van der Waals surface area contributed by atoms with Crippen molar-refractivity contribution in [1.82, 2.24) is 0 Å². The summed E-state index contributed by atoms with van der Waals surface area (Å²) in [6.07, 6.45) is 7.52. The van der Waals surface area contributed by atoms with Crippen LogP contribution in [0.15, 0.2) is 0 Å². The van der Waals surface area contributed by atoms with Crippen LogP contribution in [0.25, 0.3) is 0 Å². The van der Waals surface area contributed by atoms with E-state index < -0.39 is 29.3 Å². The summed E-state index contributed by atoms with van der Waals surface area (Å²) in [4.78, 5) is 0. The van der Waals surface area contributed by atoms with Crippen LogP contribution in [0.3, 0.4) is 0 Å². The predicted molar refractivity (Wildman–Crippen MR) is 124 cm³/mol. The van der Waals surface area contributed by atoms with Gasteiger partial charge in [-0.25, -0.2) is 0 Å². The molecule has 32 heavy (non-hydrogen) atoms. The highest BCUT2D eigenvalue weighted by Crippen LogP contribution is 1.88. The highest BCUT2D eigenvalue weighted by Gasteiger charge is 2.07. The molecule has 12 nitrogen and oxygen atoms in total. The first-order valence-electron chi connectivity index (χ1n) is 11.0. The third-order valence-electron chi connectivity index (χ3n) is 3.06. The fourth-order valence-electron chi connectivity index (χ4n) is 1.33. The third kappa shape index (κ3) is 63.0. The van der Waals surface area contributed by atoms with Crippen molar-refractivity contribution in [3.05, 3.63) is 0 Å². The van der Waals surface area contributed by atoms with E-state index in [1.165, 1.54) is 0 Å². The zero-order valence-electron chi connectivity index (χ0n) is 20.0. The van der Waals surface area contributed by atoms with Crippen molar-refractivity contribution in [3.63, 3.8) is 0 Å². The topological polar surface area (TPSA) is 199 Å². The van der Waals surface area contributed by atoms with Crippen LogP contribution in [0.1, 0.15) is 79.1 Å². The summed E-state index contributed by atoms with van der Waals surface area (Å²) in [5.74, 6) is 0. The van der Waals surface area contributed by atoms with Gasteiger partial charge in [0.05, 0.1) is 0 Å². The monoisotopic (exact) mass is 472 g/mol. The Morgan fingerprint density at radius 2 is 0.531 bits per heavy atom. The summed E-state index contributed by atoms with van der Waals surface area (Å²) in [5.41, 5.74) is 0. The van der Waals surface area contributed by atoms with E-state index in [1.807, 2.05) is 27.7 Å².